The lowest BCUT2D eigenvalue weighted by Crippen LogP contribution is -2.32. The highest BCUT2D eigenvalue weighted by Crippen LogP contribution is 2.42. The summed E-state index contributed by atoms with van der Waals surface area (Å²) in [4.78, 5) is 10.8. The monoisotopic (exact) mass is 224 g/mol. The van der Waals surface area contributed by atoms with Crippen LogP contribution in [0.3, 0.4) is 0 Å². The fourth-order valence-corrected chi connectivity index (χ4v) is 1.38. The Morgan fingerprint density at radius 3 is 2.25 bits per heavy atom. The average Bonchev–Trinajstić information content (AvgIpc) is 2.16. The number of benzene rings is 1. The van der Waals surface area contributed by atoms with E-state index < -0.39 is 17.1 Å². The smallest absolute Gasteiger partial charge is 0.335 e. The average molecular weight is 224 g/mol. The zero-order chi connectivity index (χ0) is 12.6. The molecule has 0 aromatic heterocycles. The third-order valence-electron chi connectivity index (χ3n) is 3.06. The molecule has 0 aliphatic rings. The summed E-state index contributed by atoms with van der Waals surface area (Å²) in [5, 5.41) is 8.86. The Labute approximate surface area is 95.1 Å². The van der Waals surface area contributed by atoms with Crippen LogP contribution in [0.25, 0.3) is 0 Å². The maximum atomic E-state index is 14.6. The number of rotatable bonds is 2. The van der Waals surface area contributed by atoms with E-state index in [1.165, 1.54) is 19.1 Å². The highest BCUT2D eigenvalue weighted by molar-refractivity contribution is 5.87. The van der Waals surface area contributed by atoms with Gasteiger partial charge >= 0.3 is 5.97 Å². The summed E-state index contributed by atoms with van der Waals surface area (Å²) in [7, 11) is 0. The van der Waals surface area contributed by atoms with Gasteiger partial charge in [-0.25, -0.2) is 9.18 Å². The van der Waals surface area contributed by atoms with E-state index in [9.17, 15) is 9.18 Å². The maximum Gasteiger partial charge on any atom is 0.335 e. The molecule has 0 amide bonds. The predicted octanol–water partition coefficient (Wildman–Crippen LogP) is 3.62. The topological polar surface area (TPSA) is 37.3 Å². The van der Waals surface area contributed by atoms with Gasteiger partial charge in [0, 0.05) is 0 Å². The van der Waals surface area contributed by atoms with Crippen molar-refractivity contribution in [3.63, 3.8) is 0 Å². The van der Waals surface area contributed by atoms with E-state index in [-0.39, 0.29) is 5.56 Å². The Morgan fingerprint density at radius 1 is 1.25 bits per heavy atom. The van der Waals surface area contributed by atoms with Gasteiger partial charge in [-0.05, 0) is 30.0 Å². The standard InChI is InChI=1S/C13H17FO2/c1-12(2,3)13(4,14)10-7-5-6-9(8-10)11(15)16/h5-8H,1-4H3,(H,15,16). The molecule has 16 heavy (non-hydrogen) atoms. The molecule has 0 fully saturated rings. The van der Waals surface area contributed by atoms with Crippen molar-refractivity contribution in [1.29, 1.82) is 0 Å². The molecular weight excluding hydrogens is 207 g/mol. The first-order chi connectivity index (χ1) is 7.16. The molecule has 0 spiro atoms. The van der Waals surface area contributed by atoms with Crippen molar-refractivity contribution in [1.82, 2.24) is 0 Å². The lowest BCUT2D eigenvalue weighted by Gasteiger charge is -2.35. The van der Waals surface area contributed by atoms with Crippen molar-refractivity contribution in [2.24, 2.45) is 5.41 Å². The number of aromatic carboxylic acids is 1. The Hall–Kier alpha value is -1.38. The van der Waals surface area contributed by atoms with E-state index in [4.69, 9.17) is 5.11 Å². The molecule has 2 nitrogen and oxygen atoms in total. The molecule has 0 aliphatic heterocycles. The molecule has 0 aliphatic carbocycles. The molecule has 1 atom stereocenters. The van der Waals surface area contributed by atoms with Gasteiger partial charge in [0.05, 0.1) is 5.56 Å². The quantitative estimate of drug-likeness (QED) is 0.833. The van der Waals surface area contributed by atoms with Crippen LogP contribution in [0.15, 0.2) is 24.3 Å². The Morgan fingerprint density at radius 2 is 1.81 bits per heavy atom. The summed E-state index contributed by atoms with van der Waals surface area (Å²) in [5.74, 6) is -1.04. The summed E-state index contributed by atoms with van der Waals surface area (Å²) in [6.45, 7) is 6.86. The largest absolute Gasteiger partial charge is 0.478 e. The molecule has 1 aromatic rings. The summed E-state index contributed by atoms with van der Waals surface area (Å²) in [5.41, 5.74) is -1.62. The van der Waals surface area contributed by atoms with Crippen LogP contribution >= 0.6 is 0 Å². The van der Waals surface area contributed by atoms with Gasteiger partial charge in [0.1, 0.15) is 5.67 Å². The third kappa shape index (κ3) is 2.23. The Kier molecular flexibility index (Phi) is 3.08. The normalized spacial score (nSPS) is 15.6. The van der Waals surface area contributed by atoms with E-state index in [0.29, 0.717) is 5.56 Å². The molecule has 1 rings (SSSR count). The van der Waals surface area contributed by atoms with Crippen LogP contribution in [-0.4, -0.2) is 11.1 Å². The van der Waals surface area contributed by atoms with Gasteiger partial charge in [-0.1, -0.05) is 32.9 Å². The van der Waals surface area contributed by atoms with Crippen LogP contribution in [-0.2, 0) is 5.67 Å². The number of carboxylic acid groups (broad SMARTS) is 1. The first-order valence-corrected chi connectivity index (χ1v) is 5.19. The molecule has 0 radical (unpaired) electrons. The van der Waals surface area contributed by atoms with Crippen LogP contribution in [0.4, 0.5) is 4.39 Å². The number of hydrogen-bond donors (Lipinski definition) is 1. The molecule has 1 aromatic carbocycles. The molecule has 1 unspecified atom stereocenters. The molecule has 1 N–H and O–H groups in total. The Bertz CT molecular complexity index is 403. The minimum atomic E-state index is -1.56. The van der Waals surface area contributed by atoms with Crippen LogP contribution in [0, 0.1) is 5.41 Å². The van der Waals surface area contributed by atoms with Crippen LogP contribution in [0.1, 0.15) is 43.6 Å². The first-order valence-electron chi connectivity index (χ1n) is 5.19. The van der Waals surface area contributed by atoms with Gasteiger partial charge in [-0.2, -0.15) is 0 Å². The van der Waals surface area contributed by atoms with Crippen molar-refractivity contribution in [3.05, 3.63) is 35.4 Å². The number of alkyl halides is 1. The number of hydrogen-bond acceptors (Lipinski definition) is 1. The highest BCUT2D eigenvalue weighted by Gasteiger charge is 2.39. The Balaban J connectivity index is 3.24. The molecule has 0 saturated carbocycles. The lowest BCUT2D eigenvalue weighted by atomic mass is 9.75. The first kappa shape index (κ1) is 12.7. The van der Waals surface area contributed by atoms with Crippen molar-refractivity contribution in [3.8, 4) is 0 Å². The second-order valence-electron chi connectivity index (χ2n) is 5.14. The van der Waals surface area contributed by atoms with Crippen LogP contribution < -0.4 is 0 Å². The zero-order valence-electron chi connectivity index (χ0n) is 10.0. The molecule has 88 valence electrons. The van der Waals surface area contributed by atoms with Gasteiger partial charge in [-0.3, -0.25) is 0 Å². The lowest BCUT2D eigenvalue weighted by molar-refractivity contribution is 0.0450. The third-order valence-corrected chi connectivity index (χ3v) is 3.06. The number of carboxylic acids is 1. The zero-order valence-corrected chi connectivity index (χ0v) is 10.0. The van der Waals surface area contributed by atoms with Crippen molar-refractivity contribution in [2.45, 2.75) is 33.4 Å². The predicted molar refractivity (Wildman–Crippen MR) is 61.3 cm³/mol. The van der Waals surface area contributed by atoms with Crippen LogP contribution in [0.2, 0.25) is 0 Å². The fourth-order valence-electron chi connectivity index (χ4n) is 1.38. The van der Waals surface area contributed by atoms with E-state index in [1.807, 2.05) is 0 Å². The van der Waals surface area contributed by atoms with Crippen molar-refractivity contribution >= 4 is 5.97 Å². The van der Waals surface area contributed by atoms with Crippen molar-refractivity contribution in [2.75, 3.05) is 0 Å². The van der Waals surface area contributed by atoms with E-state index in [2.05, 4.69) is 0 Å². The second-order valence-corrected chi connectivity index (χ2v) is 5.14. The van der Waals surface area contributed by atoms with Gasteiger partial charge < -0.3 is 5.11 Å². The molecule has 0 saturated heterocycles. The molecular formula is C13H17FO2. The second kappa shape index (κ2) is 3.89. The minimum absolute atomic E-state index is 0.116. The molecule has 0 heterocycles. The van der Waals surface area contributed by atoms with Gasteiger partial charge in [0.15, 0.2) is 0 Å². The van der Waals surface area contributed by atoms with Gasteiger partial charge in [0.25, 0.3) is 0 Å². The minimum Gasteiger partial charge on any atom is -0.478 e. The summed E-state index contributed by atoms with van der Waals surface area (Å²) < 4.78 is 14.6. The SMILES string of the molecule is CC(C)(C)C(C)(F)c1cccc(C(=O)O)c1. The van der Waals surface area contributed by atoms with E-state index in [0.717, 1.165) is 0 Å². The molecule has 0 bridgehead atoms. The molecule has 3 heteroatoms. The summed E-state index contributed by atoms with van der Waals surface area (Å²) >= 11 is 0. The van der Waals surface area contributed by atoms with E-state index >= 15 is 0 Å². The summed E-state index contributed by atoms with van der Waals surface area (Å²) in [6.07, 6.45) is 0. The number of carbonyl (C=O) groups is 1. The fraction of sp³-hybridized carbons (Fsp3) is 0.462. The van der Waals surface area contributed by atoms with Crippen molar-refractivity contribution < 1.29 is 14.3 Å². The summed E-state index contributed by atoms with van der Waals surface area (Å²) in [6, 6.07) is 6.05. The van der Waals surface area contributed by atoms with Crippen LogP contribution in [0.5, 0.6) is 0 Å². The van der Waals surface area contributed by atoms with Gasteiger partial charge in [0.2, 0.25) is 0 Å². The maximum absolute atomic E-state index is 14.6. The highest BCUT2D eigenvalue weighted by atomic mass is 19.1. The number of halogens is 1. The van der Waals surface area contributed by atoms with E-state index in [1.54, 1.807) is 32.9 Å². The van der Waals surface area contributed by atoms with Gasteiger partial charge in [-0.15, -0.1) is 0 Å².